The van der Waals surface area contributed by atoms with Crippen LogP contribution in [-0.2, 0) is 12.6 Å². The lowest BCUT2D eigenvalue weighted by atomic mass is 10.1. The van der Waals surface area contributed by atoms with Gasteiger partial charge < -0.3 is 29.4 Å². The van der Waals surface area contributed by atoms with Gasteiger partial charge in [-0.2, -0.15) is 18.2 Å². The van der Waals surface area contributed by atoms with Crippen LogP contribution in [0.25, 0.3) is 11.4 Å². The van der Waals surface area contributed by atoms with Gasteiger partial charge in [0.1, 0.15) is 25.0 Å². The van der Waals surface area contributed by atoms with E-state index in [0.29, 0.717) is 50.4 Å². The molecule has 1 saturated heterocycles. The molecule has 1 fully saturated rings. The highest BCUT2D eigenvalue weighted by atomic mass is 19.4. The maximum absolute atomic E-state index is 13.9. The molecule has 5 rings (SSSR count). The van der Waals surface area contributed by atoms with Gasteiger partial charge in [0.15, 0.2) is 11.5 Å². The molecule has 0 amide bonds. The van der Waals surface area contributed by atoms with Crippen molar-refractivity contribution in [2.24, 2.45) is 5.73 Å². The molecule has 12 heteroatoms. The summed E-state index contributed by atoms with van der Waals surface area (Å²) in [6.45, 7) is 1.09. The zero-order valence-electron chi connectivity index (χ0n) is 19.8. The van der Waals surface area contributed by atoms with E-state index in [1.165, 1.54) is 12.1 Å². The summed E-state index contributed by atoms with van der Waals surface area (Å²) in [4.78, 5) is 5.87. The minimum atomic E-state index is -4.64. The molecule has 2 unspecified atom stereocenters. The largest absolute Gasteiger partial charge is 0.493 e. The van der Waals surface area contributed by atoms with Crippen molar-refractivity contribution in [1.82, 2.24) is 15.0 Å². The third kappa shape index (κ3) is 5.33. The van der Waals surface area contributed by atoms with Crippen LogP contribution in [0, 0.1) is 5.41 Å². The normalized spacial score (nSPS) is 19.2. The molecule has 9 nitrogen and oxygen atoms in total. The first-order chi connectivity index (χ1) is 17.8. The van der Waals surface area contributed by atoms with E-state index < -0.39 is 11.7 Å². The molecule has 0 saturated carbocycles. The van der Waals surface area contributed by atoms with Crippen molar-refractivity contribution in [2.45, 2.75) is 44.1 Å². The molecule has 3 aromatic rings. The number of hydrogen-bond donors (Lipinski definition) is 2. The van der Waals surface area contributed by atoms with Crippen LogP contribution in [-0.4, -0.2) is 47.4 Å². The van der Waals surface area contributed by atoms with Crippen LogP contribution in [0.5, 0.6) is 17.2 Å². The second kappa shape index (κ2) is 10.3. The number of nitrogens with one attached hydrogen (secondary N) is 1. The summed E-state index contributed by atoms with van der Waals surface area (Å²) in [5.74, 6) is 1.33. The summed E-state index contributed by atoms with van der Waals surface area (Å²) in [6.07, 6.45) is -1.52. The fourth-order valence-corrected chi connectivity index (χ4v) is 4.50. The van der Waals surface area contributed by atoms with Gasteiger partial charge in [0.2, 0.25) is 11.7 Å². The summed E-state index contributed by atoms with van der Waals surface area (Å²) in [6, 6.07) is 8.93. The number of rotatable bonds is 8. The van der Waals surface area contributed by atoms with E-state index in [-0.39, 0.29) is 41.8 Å². The Morgan fingerprint density at radius 2 is 1.92 bits per heavy atom. The molecule has 2 atom stereocenters. The van der Waals surface area contributed by atoms with Gasteiger partial charge in [-0.15, -0.1) is 0 Å². The van der Waals surface area contributed by atoms with Crippen LogP contribution in [0.3, 0.4) is 0 Å². The molecule has 0 spiro atoms. The highest BCUT2D eigenvalue weighted by molar-refractivity contribution is 5.59. The molecule has 3 heterocycles. The highest BCUT2D eigenvalue weighted by Crippen LogP contribution is 2.39. The lowest BCUT2D eigenvalue weighted by Crippen LogP contribution is -2.36. The number of fused-ring (bicyclic) bond motifs is 1. The Morgan fingerprint density at radius 1 is 1.11 bits per heavy atom. The average Bonchev–Trinajstić information content (AvgIpc) is 3.52. The van der Waals surface area contributed by atoms with Gasteiger partial charge in [-0.25, -0.2) is 0 Å². The molecule has 37 heavy (non-hydrogen) atoms. The van der Waals surface area contributed by atoms with Gasteiger partial charge in [0.05, 0.1) is 24.7 Å². The van der Waals surface area contributed by atoms with E-state index in [9.17, 15) is 13.2 Å². The van der Waals surface area contributed by atoms with Crippen molar-refractivity contribution in [1.29, 1.82) is 5.41 Å². The van der Waals surface area contributed by atoms with E-state index >= 15 is 0 Å². The maximum Gasteiger partial charge on any atom is 0.419 e. The van der Waals surface area contributed by atoms with Crippen molar-refractivity contribution < 1.29 is 31.9 Å². The maximum atomic E-state index is 13.9. The summed E-state index contributed by atoms with van der Waals surface area (Å²) in [5.41, 5.74) is 6.18. The smallest absolute Gasteiger partial charge is 0.419 e. The molecule has 0 radical (unpaired) electrons. The Morgan fingerprint density at radius 3 is 2.70 bits per heavy atom. The molecule has 2 aliphatic heterocycles. The SMILES string of the molecule is N=CN1C(N)CCC1c1nc(-c2ccc(OCCCc3ccc4c(c3)OCCO4)c(C(F)(F)F)c2)no1. The van der Waals surface area contributed by atoms with Crippen LogP contribution < -0.4 is 19.9 Å². The number of nitrogens with two attached hydrogens (primary N) is 1. The number of benzene rings is 2. The third-order valence-corrected chi connectivity index (χ3v) is 6.37. The van der Waals surface area contributed by atoms with Crippen LogP contribution in [0.2, 0.25) is 0 Å². The zero-order chi connectivity index (χ0) is 26.0. The quantitative estimate of drug-likeness (QED) is 0.253. The van der Waals surface area contributed by atoms with Crippen LogP contribution in [0.15, 0.2) is 40.9 Å². The van der Waals surface area contributed by atoms with Gasteiger partial charge in [0, 0.05) is 5.56 Å². The second-order valence-corrected chi connectivity index (χ2v) is 8.83. The zero-order valence-corrected chi connectivity index (χ0v) is 19.8. The lowest BCUT2D eigenvalue weighted by Gasteiger charge is -2.22. The summed E-state index contributed by atoms with van der Waals surface area (Å²) < 4.78 is 63.5. The Kier molecular flexibility index (Phi) is 6.92. The summed E-state index contributed by atoms with van der Waals surface area (Å²) in [7, 11) is 0. The molecule has 3 N–H and O–H groups in total. The van der Waals surface area contributed by atoms with Gasteiger partial charge in [-0.1, -0.05) is 11.2 Å². The molecule has 1 aromatic heterocycles. The Bertz CT molecular complexity index is 1270. The number of nitrogens with zero attached hydrogens (tertiary/aromatic N) is 3. The molecular weight excluding hydrogens is 491 g/mol. The second-order valence-electron chi connectivity index (χ2n) is 8.83. The predicted octanol–water partition coefficient (Wildman–Crippen LogP) is 4.57. The standard InChI is InChI=1S/C25H26F3N5O4/c26-25(27,28)17-13-16(23-31-24(37-32-23)18-5-8-22(30)33(18)14-29)4-7-19(17)34-9-1-2-15-3-6-20-21(12-15)36-11-10-35-20/h3-4,6-7,12-14,18,22,29H,1-2,5,8-11,30H2. The van der Waals surface area contributed by atoms with Crippen molar-refractivity contribution >= 4 is 6.34 Å². The first kappa shape index (κ1) is 24.9. The molecule has 0 bridgehead atoms. The van der Waals surface area contributed by atoms with E-state index in [1.54, 1.807) is 4.90 Å². The molecule has 2 aromatic carbocycles. The van der Waals surface area contributed by atoms with Gasteiger partial charge >= 0.3 is 6.18 Å². The summed E-state index contributed by atoms with van der Waals surface area (Å²) in [5, 5.41) is 11.4. The fourth-order valence-electron chi connectivity index (χ4n) is 4.50. The highest BCUT2D eigenvalue weighted by Gasteiger charge is 2.36. The van der Waals surface area contributed by atoms with E-state index in [1.807, 2.05) is 18.2 Å². The van der Waals surface area contributed by atoms with Crippen molar-refractivity contribution in [2.75, 3.05) is 19.8 Å². The number of halogens is 3. The van der Waals surface area contributed by atoms with E-state index in [2.05, 4.69) is 10.1 Å². The lowest BCUT2D eigenvalue weighted by molar-refractivity contribution is -0.138. The Labute approximate surface area is 210 Å². The monoisotopic (exact) mass is 517 g/mol. The number of ether oxygens (including phenoxy) is 3. The van der Waals surface area contributed by atoms with E-state index in [0.717, 1.165) is 18.0 Å². The van der Waals surface area contributed by atoms with Gasteiger partial charge in [0.25, 0.3) is 0 Å². The minimum absolute atomic E-state index is 0.0241. The van der Waals surface area contributed by atoms with Crippen molar-refractivity contribution in [3.8, 4) is 28.6 Å². The molecular formula is C25H26F3N5O4. The first-order valence-corrected chi connectivity index (χ1v) is 11.9. The van der Waals surface area contributed by atoms with Crippen LogP contribution >= 0.6 is 0 Å². The van der Waals surface area contributed by atoms with Gasteiger partial charge in [-0.3, -0.25) is 5.41 Å². The first-order valence-electron chi connectivity index (χ1n) is 11.9. The molecule has 0 aliphatic carbocycles. The number of aryl methyl sites for hydroxylation is 1. The number of alkyl halides is 3. The average molecular weight is 518 g/mol. The van der Waals surface area contributed by atoms with Crippen molar-refractivity contribution in [3.05, 3.63) is 53.4 Å². The van der Waals surface area contributed by atoms with Crippen LogP contribution in [0.1, 0.15) is 42.3 Å². The number of likely N-dealkylation sites (tertiary alicyclic amines) is 1. The fraction of sp³-hybridized carbons (Fsp3) is 0.400. The molecule has 196 valence electrons. The van der Waals surface area contributed by atoms with E-state index in [4.69, 9.17) is 29.9 Å². The minimum Gasteiger partial charge on any atom is -0.493 e. The number of aromatic nitrogens is 2. The molecule has 2 aliphatic rings. The predicted molar refractivity (Wildman–Crippen MR) is 127 cm³/mol. The Balaban J connectivity index is 1.26. The number of hydrogen-bond acceptors (Lipinski definition) is 8. The van der Waals surface area contributed by atoms with Crippen LogP contribution in [0.4, 0.5) is 13.2 Å². The Hall–Kier alpha value is -3.80. The summed E-state index contributed by atoms with van der Waals surface area (Å²) >= 11 is 0. The van der Waals surface area contributed by atoms with Gasteiger partial charge in [-0.05, 0) is 61.6 Å². The third-order valence-electron chi connectivity index (χ3n) is 6.37. The van der Waals surface area contributed by atoms with Crippen molar-refractivity contribution in [3.63, 3.8) is 0 Å². The topological polar surface area (TPSA) is 120 Å².